The first-order chi connectivity index (χ1) is 10.0. The van der Waals surface area contributed by atoms with Crippen molar-refractivity contribution in [2.45, 2.75) is 25.9 Å². The summed E-state index contributed by atoms with van der Waals surface area (Å²) in [6.07, 6.45) is 1.66. The minimum Gasteiger partial charge on any atom is -0.493 e. The first-order valence-corrected chi connectivity index (χ1v) is 6.90. The molecule has 0 bridgehead atoms. The maximum atomic E-state index is 11.8. The Bertz CT molecular complexity index is 488. The van der Waals surface area contributed by atoms with Crippen LogP contribution in [0.2, 0.25) is 0 Å². The minimum absolute atomic E-state index is 0.00860. The number of hydrogen-bond donors (Lipinski definition) is 2. The van der Waals surface area contributed by atoms with E-state index in [0.29, 0.717) is 18.0 Å². The number of methoxy groups -OCH3 is 2. The fourth-order valence-electron chi connectivity index (χ4n) is 1.99. The van der Waals surface area contributed by atoms with Gasteiger partial charge in [-0.25, -0.2) is 0 Å². The molecule has 5 heteroatoms. The van der Waals surface area contributed by atoms with E-state index < -0.39 is 0 Å². The Kier molecular flexibility index (Phi) is 6.75. The third-order valence-electron chi connectivity index (χ3n) is 3.22. The average Bonchev–Trinajstić information content (AvgIpc) is 2.51. The smallest absolute Gasteiger partial charge is 0.237 e. The van der Waals surface area contributed by atoms with Gasteiger partial charge in [-0.3, -0.25) is 10.1 Å². The highest BCUT2D eigenvalue weighted by atomic mass is 16.5. The molecule has 5 nitrogen and oxygen atoms in total. The number of ether oxygens (including phenoxy) is 2. The number of hydrogen-bond acceptors (Lipinski definition) is 4. The van der Waals surface area contributed by atoms with Gasteiger partial charge in [-0.2, -0.15) is 0 Å². The number of benzene rings is 1. The van der Waals surface area contributed by atoms with Crippen molar-refractivity contribution in [3.63, 3.8) is 0 Å². The quantitative estimate of drug-likeness (QED) is 0.720. The van der Waals surface area contributed by atoms with Gasteiger partial charge in [-0.05, 0) is 31.5 Å². The van der Waals surface area contributed by atoms with Crippen LogP contribution in [0.15, 0.2) is 30.9 Å². The van der Waals surface area contributed by atoms with Crippen LogP contribution in [0, 0.1) is 0 Å². The minimum atomic E-state index is -0.298. The van der Waals surface area contributed by atoms with Gasteiger partial charge in [0.25, 0.3) is 0 Å². The summed E-state index contributed by atoms with van der Waals surface area (Å²) >= 11 is 0. The molecule has 116 valence electrons. The Morgan fingerprint density at radius 1 is 1.29 bits per heavy atom. The fourth-order valence-corrected chi connectivity index (χ4v) is 1.99. The molecule has 1 aromatic carbocycles. The second kappa shape index (κ2) is 8.32. The summed E-state index contributed by atoms with van der Waals surface area (Å²) in [6.45, 7) is 7.87. The zero-order valence-electron chi connectivity index (χ0n) is 13.1. The number of amides is 1. The van der Waals surface area contributed by atoms with Gasteiger partial charge in [0.2, 0.25) is 5.91 Å². The van der Waals surface area contributed by atoms with Gasteiger partial charge in [-0.1, -0.05) is 12.1 Å². The van der Waals surface area contributed by atoms with Gasteiger partial charge in [0.1, 0.15) is 0 Å². The Morgan fingerprint density at radius 2 is 1.95 bits per heavy atom. The van der Waals surface area contributed by atoms with Crippen molar-refractivity contribution in [2.24, 2.45) is 0 Å². The largest absolute Gasteiger partial charge is 0.493 e. The monoisotopic (exact) mass is 292 g/mol. The lowest BCUT2D eigenvalue weighted by molar-refractivity contribution is -0.122. The average molecular weight is 292 g/mol. The third kappa shape index (κ3) is 4.79. The van der Waals surface area contributed by atoms with Crippen molar-refractivity contribution in [1.82, 2.24) is 10.6 Å². The molecule has 0 aromatic heterocycles. The van der Waals surface area contributed by atoms with E-state index in [-0.39, 0.29) is 18.0 Å². The van der Waals surface area contributed by atoms with Crippen LogP contribution in [-0.2, 0) is 4.79 Å². The predicted octanol–water partition coefficient (Wildman–Crippen LogP) is 2.05. The molecule has 0 heterocycles. The van der Waals surface area contributed by atoms with E-state index >= 15 is 0 Å². The van der Waals surface area contributed by atoms with E-state index in [2.05, 4.69) is 17.2 Å². The number of rotatable bonds is 8. The topological polar surface area (TPSA) is 59.6 Å². The molecule has 2 unspecified atom stereocenters. The zero-order valence-corrected chi connectivity index (χ0v) is 13.1. The summed E-state index contributed by atoms with van der Waals surface area (Å²) in [4.78, 5) is 11.8. The molecule has 0 aliphatic rings. The van der Waals surface area contributed by atoms with E-state index in [0.717, 1.165) is 5.56 Å². The summed E-state index contributed by atoms with van der Waals surface area (Å²) in [5, 5.41) is 6.02. The molecule has 0 aliphatic carbocycles. The fraction of sp³-hybridized carbons (Fsp3) is 0.438. The summed E-state index contributed by atoms with van der Waals surface area (Å²) in [5.74, 6) is 1.31. The van der Waals surface area contributed by atoms with E-state index in [1.807, 2.05) is 32.0 Å². The summed E-state index contributed by atoms with van der Waals surface area (Å²) in [5.41, 5.74) is 1.02. The first-order valence-electron chi connectivity index (χ1n) is 6.90. The Hall–Kier alpha value is -2.01. The SMILES string of the molecule is C=CCNC(=O)C(C)NC(C)c1ccc(OC)c(OC)c1. The lowest BCUT2D eigenvalue weighted by atomic mass is 10.1. The molecular formula is C16H24N2O3. The van der Waals surface area contributed by atoms with Crippen LogP contribution in [0.4, 0.5) is 0 Å². The van der Waals surface area contributed by atoms with Crippen LogP contribution in [0.3, 0.4) is 0 Å². The molecule has 1 amide bonds. The van der Waals surface area contributed by atoms with Crippen LogP contribution in [-0.4, -0.2) is 32.7 Å². The summed E-state index contributed by atoms with van der Waals surface area (Å²) in [6, 6.07) is 5.43. The van der Waals surface area contributed by atoms with Crippen LogP contribution in [0.1, 0.15) is 25.5 Å². The molecule has 0 aliphatic heterocycles. The van der Waals surface area contributed by atoms with Crippen molar-refractivity contribution < 1.29 is 14.3 Å². The number of carbonyl (C=O) groups excluding carboxylic acids is 1. The second-order valence-electron chi connectivity index (χ2n) is 4.76. The summed E-state index contributed by atoms with van der Waals surface area (Å²) < 4.78 is 10.5. The maximum absolute atomic E-state index is 11.8. The first kappa shape index (κ1) is 17.0. The van der Waals surface area contributed by atoms with Gasteiger partial charge in [0.05, 0.1) is 20.3 Å². The van der Waals surface area contributed by atoms with Crippen LogP contribution in [0.5, 0.6) is 11.5 Å². The van der Waals surface area contributed by atoms with Crippen molar-refractivity contribution in [1.29, 1.82) is 0 Å². The van der Waals surface area contributed by atoms with Gasteiger partial charge in [0, 0.05) is 12.6 Å². The molecule has 0 saturated carbocycles. The van der Waals surface area contributed by atoms with Crippen LogP contribution >= 0.6 is 0 Å². The Morgan fingerprint density at radius 3 is 2.52 bits per heavy atom. The highest BCUT2D eigenvalue weighted by Gasteiger charge is 2.16. The second-order valence-corrected chi connectivity index (χ2v) is 4.76. The molecular weight excluding hydrogens is 268 g/mol. The highest BCUT2D eigenvalue weighted by Crippen LogP contribution is 2.29. The Balaban J connectivity index is 2.72. The molecule has 0 radical (unpaired) electrons. The molecule has 0 fully saturated rings. The van der Waals surface area contributed by atoms with E-state index in [1.54, 1.807) is 20.3 Å². The molecule has 2 atom stereocenters. The van der Waals surface area contributed by atoms with Crippen LogP contribution < -0.4 is 20.1 Å². The van der Waals surface area contributed by atoms with Gasteiger partial charge >= 0.3 is 0 Å². The highest BCUT2D eigenvalue weighted by molar-refractivity contribution is 5.81. The number of nitrogens with one attached hydrogen (secondary N) is 2. The standard InChI is InChI=1S/C16H24N2O3/c1-6-9-17-16(19)12(3)18-11(2)13-7-8-14(20-4)15(10-13)21-5/h6-8,10-12,18H,1,9H2,2-5H3,(H,17,19). The van der Waals surface area contributed by atoms with Gasteiger partial charge < -0.3 is 14.8 Å². The predicted molar refractivity (Wildman–Crippen MR) is 83.8 cm³/mol. The molecule has 0 spiro atoms. The van der Waals surface area contributed by atoms with Crippen molar-refractivity contribution in [3.8, 4) is 11.5 Å². The molecule has 0 saturated heterocycles. The van der Waals surface area contributed by atoms with Crippen molar-refractivity contribution in [2.75, 3.05) is 20.8 Å². The molecule has 2 N–H and O–H groups in total. The number of carbonyl (C=O) groups is 1. The normalized spacial score (nSPS) is 13.1. The summed E-state index contributed by atoms with van der Waals surface area (Å²) in [7, 11) is 3.20. The molecule has 1 aromatic rings. The van der Waals surface area contributed by atoms with E-state index in [9.17, 15) is 4.79 Å². The zero-order chi connectivity index (χ0) is 15.8. The van der Waals surface area contributed by atoms with Crippen LogP contribution in [0.25, 0.3) is 0 Å². The van der Waals surface area contributed by atoms with E-state index in [1.165, 1.54) is 0 Å². The lowest BCUT2D eigenvalue weighted by Gasteiger charge is -2.20. The van der Waals surface area contributed by atoms with Gasteiger partial charge in [-0.15, -0.1) is 6.58 Å². The lowest BCUT2D eigenvalue weighted by Crippen LogP contribution is -2.43. The van der Waals surface area contributed by atoms with Gasteiger partial charge in [0.15, 0.2) is 11.5 Å². The molecule has 21 heavy (non-hydrogen) atoms. The van der Waals surface area contributed by atoms with Crippen molar-refractivity contribution >= 4 is 5.91 Å². The maximum Gasteiger partial charge on any atom is 0.237 e. The third-order valence-corrected chi connectivity index (χ3v) is 3.22. The van der Waals surface area contributed by atoms with Crippen molar-refractivity contribution in [3.05, 3.63) is 36.4 Å². The Labute approximate surface area is 126 Å². The molecule has 1 rings (SSSR count). The van der Waals surface area contributed by atoms with E-state index in [4.69, 9.17) is 9.47 Å².